The smallest absolute Gasteiger partial charge is 0.270 e. The maximum Gasteiger partial charge on any atom is 0.270 e. The molecule has 2 unspecified atom stereocenters. The molecule has 3 rings (SSSR count). The van der Waals surface area contributed by atoms with Crippen LogP contribution in [0.4, 0.5) is 11.5 Å². The first kappa shape index (κ1) is 13.8. The van der Waals surface area contributed by atoms with Crippen molar-refractivity contribution in [2.75, 3.05) is 11.9 Å². The SMILES string of the molecule is CC1NCCCC1Nc1ccc2cc([N+](=O)[O-])ccc2n1. The molecule has 6 nitrogen and oxygen atoms in total. The minimum absolute atomic E-state index is 0.0927. The number of pyridine rings is 1. The number of nitro groups is 1. The number of piperidine rings is 1. The first-order valence-electron chi connectivity index (χ1n) is 7.18. The summed E-state index contributed by atoms with van der Waals surface area (Å²) in [5.74, 6) is 0.817. The molecule has 2 aromatic rings. The van der Waals surface area contributed by atoms with Crippen LogP contribution in [-0.2, 0) is 0 Å². The second-order valence-corrected chi connectivity index (χ2v) is 5.47. The Morgan fingerprint density at radius 3 is 3.00 bits per heavy atom. The van der Waals surface area contributed by atoms with E-state index in [4.69, 9.17) is 0 Å². The average Bonchev–Trinajstić information content (AvgIpc) is 2.49. The van der Waals surface area contributed by atoms with Crippen LogP contribution in [0.5, 0.6) is 0 Å². The third-order valence-electron chi connectivity index (χ3n) is 3.98. The van der Waals surface area contributed by atoms with Gasteiger partial charge >= 0.3 is 0 Å². The number of hydrogen-bond donors (Lipinski definition) is 2. The zero-order valence-electron chi connectivity index (χ0n) is 11.9. The Morgan fingerprint density at radius 1 is 1.38 bits per heavy atom. The molecule has 0 aliphatic carbocycles. The van der Waals surface area contributed by atoms with Crippen molar-refractivity contribution in [1.82, 2.24) is 10.3 Å². The van der Waals surface area contributed by atoms with E-state index in [1.807, 2.05) is 12.1 Å². The molecule has 6 heteroatoms. The van der Waals surface area contributed by atoms with Gasteiger partial charge in [-0.1, -0.05) is 0 Å². The fourth-order valence-electron chi connectivity index (χ4n) is 2.74. The van der Waals surface area contributed by atoms with E-state index in [1.165, 1.54) is 6.07 Å². The van der Waals surface area contributed by atoms with Gasteiger partial charge in [0.1, 0.15) is 5.82 Å². The lowest BCUT2D eigenvalue weighted by Gasteiger charge is -2.31. The molecule has 0 bridgehead atoms. The van der Waals surface area contributed by atoms with Crippen molar-refractivity contribution >= 4 is 22.4 Å². The highest BCUT2D eigenvalue weighted by Gasteiger charge is 2.20. The van der Waals surface area contributed by atoms with E-state index in [2.05, 4.69) is 22.5 Å². The largest absolute Gasteiger partial charge is 0.366 e. The fraction of sp³-hybridized carbons (Fsp3) is 0.400. The number of non-ortho nitro benzene ring substituents is 1. The molecule has 1 aliphatic rings. The minimum Gasteiger partial charge on any atom is -0.366 e. The van der Waals surface area contributed by atoms with Gasteiger partial charge in [-0.3, -0.25) is 10.1 Å². The molecule has 1 aromatic heterocycles. The van der Waals surface area contributed by atoms with Crippen LogP contribution in [0, 0.1) is 10.1 Å². The maximum absolute atomic E-state index is 10.8. The summed E-state index contributed by atoms with van der Waals surface area (Å²) in [6.07, 6.45) is 2.27. The Labute approximate surface area is 122 Å². The average molecular weight is 286 g/mol. The molecule has 21 heavy (non-hydrogen) atoms. The molecular formula is C15H18N4O2. The van der Waals surface area contributed by atoms with Crippen molar-refractivity contribution in [2.45, 2.75) is 31.8 Å². The highest BCUT2D eigenvalue weighted by atomic mass is 16.6. The van der Waals surface area contributed by atoms with Crippen LogP contribution in [0.25, 0.3) is 10.9 Å². The molecule has 1 aromatic carbocycles. The molecule has 0 radical (unpaired) electrons. The Bertz CT molecular complexity index is 674. The molecule has 110 valence electrons. The lowest BCUT2D eigenvalue weighted by atomic mass is 10.00. The van der Waals surface area contributed by atoms with E-state index < -0.39 is 0 Å². The number of anilines is 1. The quantitative estimate of drug-likeness (QED) is 0.670. The number of nitro benzene ring substituents is 1. The van der Waals surface area contributed by atoms with Gasteiger partial charge in [-0.2, -0.15) is 0 Å². The lowest BCUT2D eigenvalue weighted by molar-refractivity contribution is -0.384. The summed E-state index contributed by atoms with van der Waals surface area (Å²) in [6.45, 7) is 3.23. The molecule has 2 heterocycles. The summed E-state index contributed by atoms with van der Waals surface area (Å²) >= 11 is 0. The molecular weight excluding hydrogens is 268 g/mol. The first-order valence-corrected chi connectivity index (χ1v) is 7.18. The summed E-state index contributed by atoms with van der Waals surface area (Å²) in [5.41, 5.74) is 0.858. The summed E-state index contributed by atoms with van der Waals surface area (Å²) in [7, 11) is 0. The van der Waals surface area contributed by atoms with Crippen LogP contribution in [0.2, 0.25) is 0 Å². The Balaban J connectivity index is 1.84. The van der Waals surface area contributed by atoms with Crippen LogP contribution >= 0.6 is 0 Å². The van der Waals surface area contributed by atoms with Crippen LogP contribution in [0.15, 0.2) is 30.3 Å². The van der Waals surface area contributed by atoms with Gasteiger partial charge < -0.3 is 10.6 Å². The number of rotatable bonds is 3. The van der Waals surface area contributed by atoms with E-state index >= 15 is 0 Å². The van der Waals surface area contributed by atoms with Crippen molar-refractivity contribution in [1.29, 1.82) is 0 Å². The Kier molecular flexibility index (Phi) is 3.70. The highest BCUT2D eigenvalue weighted by Crippen LogP contribution is 2.22. The predicted octanol–water partition coefficient (Wildman–Crippen LogP) is 2.70. The lowest BCUT2D eigenvalue weighted by Crippen LogP contribution is -2.46. The number of nitrogens with one attached hydrogen (secondary N) is 2. The predicted molar refractivity (Wildman–Crippen MR) is 82.5 cm³/mol. The van der Waals surface area contributed by atoms with Gasteiger partial charge in [0, 0.05) is 29.6 Å². The third-order valence-corrected chi connectivity index (χ3v) is 3.98. The van der Waals surface area contributed by atoms with E-state index in [9.17, 15) is 10.1 Å². The van der Waals surface area contributed by atoms with Crippen LogP contribution in [-0.4, -0.2) is 28.5 Å². The zero-order chi connectivity index (χ0) is 14.8. The third kappa shape index (κ3) is 2.95. The van der Waals surface area contributed by atoms with Crippen molar-refractivity contribution in [3.05, 3.63) is 40.4 Å². The highest BCUT2D eigenvalue weighted by molar-refractivity contribution is 5.82. The summed E-state index contributed by atoms with van der Waals surface area (Å²) in [5, 5.41) is 18.5. The maximum atomic E-state index is 10.8. The van der Waals surface area contributed by atoms with Crippen LogP contribution in [0.3, 0.4) is 0 Å². The first-order chi connectivity index (χ1) is 10.1. The summed E-state index contributed by atoms with van der Waals surface area (Å²) in [6, 6.07) is 9.27. The summed E-state index contributed by atoms with van der Waals surface area (Å²) < 4.78 is 0. The van der Waals surface area contributed by atoms with Crippen molar-refractivity contribution in [3.8, 4) is 0 Å². The second-order valence-electron chi connectivity index (χ2n) is 5.47. The van der Waals surface area contributed by atoms with Gasteiger partial charge in [0.25, 0.3) is 5.69 Å². The van der Waals surface area contributed by atoms with Gasteiger partial charge in [-0.25, -0.2) is 4.98 Å². The van der Waals surface area contributed by atoms with Crippen LogP contribution in [0.1, 0.15) is 19.8 Å². The number of nitrogens with zero attached hydrogens (tertiary/aromatic N) is 2. The van der Waals surface area contributed by atoms with Crippen molar-refractivity contribution < 1.29 is 4.92 Å². The molecule has 2 N–H and O–H groups in total. The monoisotopic (exact) mass is 286 g/mol. The molecule has 1 fully saturated rings. The van der Waals surface area contributed by atoms with E-state index in [1.54, 1.807) is 12.1 Å². The van der Waals surface area contributed by atoms with Gasteiger partial charge in [0.2, 0.25) is 0 Å². The van der Waals surface area contributed by atoms with Crippen LogP contribution < -0.4 is 10.6 Å². The van der Waals surface area contributed by atoms with Gasteiger partial charge in [0.05, 0.1) is 10.4 Å². The van der Waals surface area contributed by atoms with Gasteiger partial charge in [-0.05, 0) is 44.5 Å². The van der Waals surface area contributed by atoms with Crippen molar-refractivity contribution in [2.24, 2.45) is 0 Å². The van der Waals surface area contributed by atoms with Crippen molar-refractivity contribution in [3.63, 3.8) is 0 Å². The Hall–Kier alpha value is -2.21. The molecule has 0 spiro atoms. The van der Waals surface area contributed by atoms with E-state index in [0.29, 0.717) is 12.1 Å². The normalized spacial score (nSPS) is 22.1. The minimum atomic E-state index is -0.388. The zero-order valence-corrected chi connectivity index (χ0v) is 11.9. The standard InChI is InChI=1S/C15H18N4O2/c1-10-13(3-2-8-16-10)17-15-7-4-11-9-12(19(20)21)5-6-14(11)18-15/h4-7,9-10,13,16H,2-3,8H2,1H3,(H,17,18). The van der Waals surface area contributed by atoms with Gasteiger partial charge in [0.15, 0.2) is 0 Å². The molecule has 1 saturated heterocycles. The molecule has 1 aliphatic heterocycles. The number of aromatic nitrogens is 1. The molecule has 2 atom stereocenters. The number of fused-ring (bicyclic) bond motifs is 1. The fourth-order valence-corrected chi connectivity index (χ4v) is 2.74. The van der Waals surface area contributed by atoms with Gasteiger partial charge in [-0.15, -0.1) is 0 Å². The Morgan fingerprint density at radius 2 is 2.24 bits per heavy atom. The second kappa shape index (κ2) is 5.65. The summed E-state index contributed by atoms with van der Waals surface area (Å²) in [4.78, 5) is 14.9. The molecule has 0 amide bonds. The topological polar surface area (TPSA) is 80.1 Å². The van der Waals surface area contributed by atoms with E-state index in [0.717, 1.165) is 36.1 Å². The van der Waals surface area contributed by atoms with E-state index in [-0.39, 0.29) is 10.6 Å². The molecule has 0 saturated carbocycles. The number of benzene rings is 1. The number of hydrogen-bond acceptors (Lipinski definition) is 5.